The molecule has 0 spiro atoms. The van der Waals surface area contributed by atoms with Gasteiger partial charge in [-0.15, -0.1) is 36.2 Å². The fourth-order valence-electron chi connectivity index (χ4n) is 2.47. The standard InChI is InChI=1S/C17H21N5OS.2ClH/c1-21(2)7-8-22-6-5-12-3-4-13(9-15(12)22)19-17(23)14-11-24-16(10-18)20-14;;/h3-6,9,11H,7-8,10,18H2,1-2H3,(H,19,23);2*1H. The summed E-state index contributed by atoms with van der Waals surface area (Å²) in [5, 5.41) is 6.56. The van der Waals surface area contributed by atoms with E-state index in [2.05, 4.69) is 46.1 Å². The van der Waals surface area contributed by atoms with Crippen LogP contribution in [0.5, 0.6) is 0 Å². The molecule has 0 radical (unpaired) electrons. The number of halogens is 2. The minimum absolute atomic E-state index is 0. The molecule has 26 heavy (non-hydrogen) atoms. The molecule has 0 fully saturated rings. The van der Waals surface area contributed by atoms with Gasteiger partial charge in [0, 0.05) is 36.9 Å². The van der Waals surface area contributed by atoms with Gasteiger partial charge in [-0.25, -0.2) is 4.98 Å². The number of carbonyl (C=O) groups is 1. The summed E-state index contributed by atoms with van der Waals surface area (Å²) < 4.78 is 2.19. The molecule has 0 aliphatic heterocycles. The highest BCUT2D eigenvalue weighted by atomic mass is 35.5. The topological polar surface area (TPSA) is 76.2 Å². The Kier molecular flexibility index (Phi) is 8.52. The molecule has 1 aromatic carbocycles. The number of thiazole rings is 1. The van der Waals surface area contributed by atoms with Crippen LogP contribution in [0.25, 0.3) is 10.9 Å². The fourth-order valence-corrected chi connectivity index (χ4v) is 3.12. The number of hydrogen-bond donors (Lipinski definition) is 2. The summed E-state index contributed by atoms with van der Waals surface area (Å²) in [6, 6.07) is 8.01. The molecule has 3 aromatic rings. The highest BCUT2D eigenvalue weighted by Crippen LogP contribution is 2.21. The van der Waals surface area contributed by atoms with E-state index in [1.807, 2.05) is 18.2 Å². The Morgan fingerprint density at radius 1 is 1.31 bits per heavy atom. The largest absolute Gasteiger partial charge is 0.346 e. The number of rotatable bonds is 6. The van der Waals surface area contributed by atoms with Crippen molar-refractivity contribution in [2.45, 2.75) is 13.1 Å². The molecule has 0 unspecified atom stereocenters. The maximum absolute atomic E-state index is 12.3. The molecule has 1 amide bonds. The first-order valence-corrected chi connectivity index (χ1v) is 8.64. The van der Waals surface area contributed by atoms with Crippen LogP contribution in [0.4, 0.5) is 5.69 Å². The highest BCUT2D eigenvalue weighted by molar-refractivity contribution is 7.09. The molecule has 0 bridgehead atoms. The second-order valence-electron chi connectivity index (χ2n) is 5.87. The van der Waals surface area contributed by atoms with Gasteiger partial charge in [-0.3, -0.25) is 4.79 Å². The van der Waals surface area contributed by atoms with Crippen molar-refractivity contribution in [2.75, 3.05) is 26.0 Å². The van der Waals surface area contributed by atoms with Crippen molar-refractivity contribution in [1.29, 1.82) is 0 Å². The molecule has 0 atom stereocenters. The van der Waals surface area contributed by atoms with Crippen molar-refractivity contribution in [3.8, 4) is 0 Å². The molecule has 0 aliphatic carbocycles. The first kappa shape index (κ1) is 22.4. The number of aromatic nitrogens is 2. The quantitative estimate of drug-likeness (QED) is 0.647. The van der Waals surface area contributed by atoms with Crippen LogP contribution in [0.15, 0.2) is 35.8 Å². The molecule has 3 N–H and O–H groups in total. The predicted molar refractivity (Wildman–Crippen MR) is 113 cm³/mol. The van der Waals surface area contributed by atoms with Gasteiger partial charge >= 0.3 is 0 Å². The average Bonchev–Trinajstić information content (AvgIpc) is 3.19. The second-order valence-corrected chi connectivity index (χ2v) is 6.81. The van der Waals surface area contributed by atoms with Gasteiger partial charge in [0.2, 0.25) is 0 Å². The Bertz CT molecular complexity index is 862. The Balaban J connectivity index is 0.00000169. The lowest BCUT2D eigenvalue weighted by atomic mass is 10.2. The van der Waals surface area contributed by atoms with Crippen molar-refractivity contribution >= 4 is 58.6 Å². The zero-order chi connectivity index (χ0) is 17.1. The predicted octanol–water partition coefficient (Wildman–Crippen LogP) is 3.21. The van der Waals surface area contributed by atoms with Crippen LogP contribution in [0, 0.1) is 0 Å². The van der Waals surface area contributed by atoms with Gasteiger partial charge in [0.1, 0.15) is 10.7 Å². The molecule has 0 saturated heterocycles. The minimum Gasteiger partial charge on any atom is -0.346 e. The molecule has 0 saturated carbocycles. The van der Waals surface area contributed by atoms with Gasteiger partial charge in [0.25, 0.3) is 5.91 Å². The second kappa shape index (κ2) is 9.89. The summed E-state index contributed by atoms with van der Waals surface area (Å²) in [5.74, 6) is -0.211. The zero-order valence-electron chi connectivity index (χ0n) is 14.6. The van der Waals surface area contributed by atoms with Crippen LogP contribution in [-0.2, 0) is 13.1 Å². The van der Waals surface area contributed by atoms with E-state index >= 15 is 0 Å². The monoisotopic (exact) mass is 415 g/mol. The van der Waals surface area contributed by atoms with E-state index in [0.29, 0.717) is 12.2 Å². The van der Waals surface area contributed by atoms with Crippen molar-refractivity contribution < 1.29 is 4.79 Å². The molecular formula is C17H23Cl2N5OS. The third kappa shape index (κ3) is 5.18. The van der Waals surface area contributed by atoms with E-state index in [1.165, 1.54) is 11.3 Å². The number of amides is 1. The Morgan fingerprint density at radius 3 is 2.73 bits per heavy atom. The minimum atomic E-state index is -0.211. The van der Waals surface area contributed by atoms with Gasteiger partial charge in [0.15, 0.2) is 0 Å². The third-order valence-corrected chi connectivity index (χ3v) is 4.65. The number of likely N-dealkylation sites (N-methyl/N-ethyl adjacent to an activating group) is 1. The van der Waals surface area contributed by atoms with Gasteiger partial charge < -0.3 is 20.5 Å². The van der Waals surface area contributed by atoms with Gasteiger partial charge in [-0.2, -0.15) is 0 Å². The van der Waals surface area contributed by atoms with Crippen LogP contribution in [0.2, 0.25) is 0 Å². The molecule has 9 heteroatoms. The number of anilines is 1. The third-order valence-electron chi connectivity index (χ3n) is 3.78. The molecular weight excluding hydrogens is 393 g/mol. The molecule has 2 heterocycles. The number of hydrogen-bond acceptors (Lipinski definition) is 5. The van der Waals surface area contributed by atoms with E-state index in [0.717, 1.165) is 34.7 Å². The number of nitrogens with two attached hydrogens (primary N) is 1. The van der Waals surface area contributed by atoms with Gasteiger partial charge in [-0.05, 0) is 37.7 Å². The van der Waals surface area contributed by atoms with Crippen LogP contribution in [0.1, 0.15) is 15.5 Å². The van der Waals surface area contributed by atoms with E-state index < -0.39 is 0 Å². The lowest BCUT2D eigenvalue weighted by molar-refractivity contribution is 0.102. The highest BCUT2D eigenvalue weighted by Gasteiger charge is 2.11. The molecule has 6 nitrogen and oxygen atoms in total. The summed E-state index contributed by atoms with van der Waals surface area (Å²) in [6.45, 7) is 2.21. The van der Waals surface area contributed by atoms with E-state index in [-0.39, 0.29) is 30.7 Å². The summed E-state index contributed by atoms with van der Waals surface area (Å²) in [5.41, 5.74) is 7.82. The summed E-state index contributed by atoms with van der Waals surface area (Å²) in [6.07, 6.45) is 2.08. The van der Waals surface area contributed by atoms with Gasteiger partial charge in [-0.1, -0.05) is 6.07 Å². The Labute approximate surface area is 169 Å². The first-order chi connectivity index (χ1) is 11.6. The van der Waals surface area contributed by atoms with Crippen molar-refractivity contribution in [2.24, 2.45) is 5.73 Å². The molecule has 2 aromatic heterocycles. The van der Waals surface area contributed by atoms with E-state index in [9.17, 15) is 4.79 Å². The Hall–Kier alpha value is -1.64. The number of benzene rings is 1. The van der Waals surface area contributed by atoms with Crippen molar-refractivity contribution in [3.05, 3.63) is 46.5 Å². The van der Waals surface area contributed by atoms with Crippen molar-refractivity contribution in [3.63, 3.8) is 0 Å². The van der Waals surface area contributed by atoms with Crippen LogP contribution in [-0.4, -0.2) is 41.0 Å². The number of carbonyl (C=O) groups excluding carboxylic acids is 1. The first-order valence-electron chi connectivity index (χ1n) is 7.76. The van der Waals surface area contributed by atoms with E-state index in [4.69, 9.17) is 5.73 Å². The Morgan fingerprint density at radius 2 is 2.08 bits per heavy atom. The van der Waals surface area contributed by atoms with E-state index in [1.54, 1.807) is 5.38 Å². The summed E-state index contributed by atoms with van der Waals surface area (Å²) in [7, 11) is 4.11. The fraction of sp³-hybridized carbons (Fsp3) is 0.294. The average molecular weight is 416 g/mol. The maximum atomic E-state index is 12.3. The van der Waals surface area contributed by atoms with Crippen LogP contribution >= 0.6 is 36.2 Å². The normalized spacial score (nSPS) is 10.5. The smallest absolute Gasteiger partial charge is 0.275 e. The maximum Gasteiger partial charge on any atom is 0.275 e. The number of nitrogens with one attached hydrogen (secondary N) is 1. The van der Waals surface area contributed by atoms with Crippen molar-refractivity contribution in [1.82, 2.24) is 14.5 Å². The SMILES string of the molecule is CN(C)CCn1ccc2ccc(NC(=O)c3csc(CN)n3)cc21.Cl.Cl. The zero-order valence-corrected chi connectivity index (χ0v) is 17.1. The summed E-state index contributed by atoms with van der Waals surface area (Å²) in [4.78, 5) is 18.7. The van der Waals surface area contributed by atoms with Crippen LogP contribution < -0.4 is 11.1 Å². The molecule has 142 valence electrons. The summed E-state index contributed by atoms with van der Waals surface area (Å²) >= 11 is 1.40. The lowest BCUT2D eigenvalue weighted by Crippen LogP contribution is -2.18. The van der Waals surface area contributed by atoms with Crippen LogP contribution in [0.3, 0.4) is 0 Å². The molecule has 0 aliphatic rings. The lowest BCUT2D eigenvalue weighted by Gasteiger charge is -2.12. The number of fused-ring (bicyclic) bond motifs is 1. The molecule has 3 rings (SSSR count). The van der Waals surface area contributed by atoms with Gasteiger partial charge in [0.05, 0.1) is 5.52 Å². The number of nitrogens with zero attached hydrogens (tertiary/aromatic N) is 3.